The van der Waals surface area contributed by atoms with E-state index in [1.807, 2.05) is 42.8 Å². The number of carbonyl (C=O) groups excluding carboxylic acids is 1. The van der Waals surface area contributed by atoms with Crippen LogP contribution in [0.3, 0.4) is 0 Å². The molecule has 1 aromatic carbocycles. The monoisotopic (exact) mass is 321 g/mol. The molecule has 0 saturated carbocycles. The summed E-state index contributed by atoms with van der Waals surface area (Å²) in [6, 6.07) is 5.77. The number of nitrogens with zero attached hydrogens (tertiary/aromatic N) is 2. The van der Waals surface area contributed by atoms with Crippen LogP contribution in [0.5, 0.6) is 0 Å². The lowest BCUT2D eigenvalue weighted by atomic mass is 10.2. The summed E-state index contributed by atoms with van der Waals surface area (Å²) in [5.74, 6) is 0.933. The molecule has 19 heavy (non-hydrogen) atoms. The van der Waals surface area contributed by atoms with Gasteiger partial charge in [0.1, 0.15) is 5.82 Å². The highest BCUT2D eigenvalue weighted by Gasteiger charge is 2.05. The minimum atomic E-state index is 0.00909. The Balaban J connectivity index is 1.91. The van der Waals surface area contributed by atoms with Crippen LogP contribution >= 0.6 is 15.9 Å². The van der Waals surface area contributed by atoms with Crippen molar-refractivity contribution in [2.45, 2.75) is 26.8 Å². The second kappa shape index (κ2) is 6.02. The minimum absolute atomic E-state index is 0.00909. The van der Waals surface area contributed by atoms with Crippen LogP contribution in [-0.2, 0) is 11.3 Å². The molecule has 0 bridgehead atoms. The molecule has 5 heteroatoms. The Morgan fingerprint density at radius 2 is 2.21 bits per heavy atom. The zero-order valence-electron chi connectivity index (χ0n) is 11.0. The predicted molar refractivity (Wildman–Crippen MR) is 79.1 cm³/mol. The number of benzene rings is 1. The summed E-state index contributed by atoms with van der Waals surface area (Å²) in [5, 5.41) is 2.90. The first kappa shape index (κ1) is 13.8. The average Bonchev–Trinajstić information content (AvgIpc) is 2.77. The quantitative estimate of drug-likeness (QED) is 0.939. The lowest BCUT2D eigenvalue weighted by Gasteiger charge is -2.08. The molecule has 0 spiro atoms. The highest BCUT2D eigenvalue weighted by molar-refractivity contribution is 9.10. The van der Waals surface area contributed by atoms with Gasteiger partial charge in [-0.1, -0.05) is 15.9 Å². The largest absolute Gasteiger partial charge is 0.335 e. The second-order valence-electron chi connectivity index (χ2n) is 4.43. The molecule has 1 aromatic heterocycles. The summed E-state index contributed by atoms with van der Waals surface area (Å²) >= 11 is 3.44. The van der Waals surface area contributed by atoms with E-state index in [1.165, 1.54) is 0 Å². The van der Waals surface area contributed by atoms with Crippen LogP contribution in [0.4, 0.5) is 5.69 Å². The van der Waals surface area contributed by atoms with Gasteiger partial charge in [-0.15, -0.1) is 0 Å². The first-order valence-electron chi connectivity index (χ1n) is 6.10. The summed E-state index contributed by atoms with van der Waals surface area (Å²) in [6.45, 7) is 4.57. The zero-order valence-corrected chi connectivity index (χ0v) is 12.6. The van der Waals surface area contributed by atoms with Crippen molar-refractivity contribution in [3.8, 4) is 0 Å². The van der Waals surface area contributed by atoms with Gasteiger partial charge in [-0.05, 0) is 37.6 Å². The number of aryl methyl sites for hydroxylation is 3. The lowest BCUT2D eigenvalue weighted by Crippen LogP contribution is -2.14. The van der Waals surface area contributed by atoms with Crippen LogP contribution in [-0.4, -0.2) is 15.5 Å². The fraction of sp³-hybridized carbons (Fsp3) is 0.286. The Bertz CT molecular complexity index is 592. The summed E-state index contributed by atoms with van der Waals surface area (Å²) in [7, 11) is 0. The standard InChI is InChI=1S/C14H16BrN3O/c1-10-9-12(3-4-13(10)15)17-14(19)5-7-18-8-6-16-11(18)2/h3-4,6,8-9H,5,7H2,1-2H3,(H,17,19). The van der Waals surface area contributed by atoms with Crippen LogP contribution in [0.2, 0.25) is 0 Å². The fourth-order valence-electron chi connectivity index (χ4n) is 1.81. The first-order valence-corrected chi connectivity index (χ1v) is 6.89. The highest BCUT2D eigenvalue weighted by atomic mass is 79.9. The first-order chi connectivity index (χ1) is 9.06. The number of carbonyl (C=O) groups is 1. The number of rotatable bonds is 4. The van der Waals surface area contributed by atoms with Crippen molar-refractivity contribution in [2.75, 3.05) is 5.32 Å². The van der Waals surface area contributed by atoms with E-state index < -0.39 is 0 Å². The van der Waals surface area contributed by atoms with Gasteiger partial charge in [-0.25, -0.2) is 4.98 Å². The Morgan fingerprint density at radius 1 is 1.42 bits per heavy atom. The molecule has 0 saturated heterocycles. The molecule has 4 nitrogen and oxygen atoms in total. The molecule has 0 fully saturated rings. The van der Waals surface area contributed by atoms with E-state index in [1.54, 1.807) is 6.20 Å². The van der Waals surface area contributed by atoms with Crippen molar-refractivity contribution >= 4 is 27.5 Å². The van der Waals surface area contributed by atoms with E-state index in [2.05, 4.69) is 26.2 Å². The van der Waals surface area contributed by atoms with Gasteiger partial charge in [0.15, 0.2) is 0 Å². The maximum atomic E-state index is 11.9. The molecule has 100 valence electrons. The van der Waals surface area contributed by atoms with Crippen LogP contribution in [0.15, 0.2) is 35.1 Å². The lowest BCUT2D eigenvalue weighted by molar-refractivity contribution is -0.116. The summed E-state index contributed by atoms with van der Waals surface area (Å²) < 4.78 is 3.01. The van der Waals surface area contributed by atoms with Crippen molar-refractivity contribution < 1.29 is 4.79 Å². The zero-order chi connectivity index (χ0) is 13.8. The summed E-state index contributed by atoms with van der Waals surface area (Å²) in [6.07, 6.45) is 4.06. The molecule has 0 unspecified atom stereocenters. The third kappa shape index (κ3) is 3.67. The van der Waals surface area contributed by atoms with E-state index in [0.717, 1.165) is 21.5 Å². The Labute approximate surface area is 121 Å². The topological polar surface area (TPSA) is 46.9 Å². The number of nitrogens with one attached hydrogen (secondary N) is 1. The summed E-state index contributed by atoms with van der Waals surface area (Å²) in [4.78, 5) is 16.0. The SMILES string of the molecule is Cc1cc(NC(=O)CCn2ccnc2C)ccc1Br. The third-order valence-electron chi connectivity index (χ3n) is 2.95. The molecule has 1 N–H and O–H groups in total. The molecule has 0 aliphatic rings. The number of aromatic nitrogens is 2. The molecule has 2 aromatic rings. The Kier molecular flexibility index (Phi) is 4.37. The minimum Gasteiger partial charge on any atom is -0.335 e. The van der Waals surface area contributed by atoms with Crippen LogP contribution in [0.1, 0.15) is 17.8 Å². The Hall–Kier alpha value is -1.62. The molecular formula is C14H16BrN3O. The van der Waals surface area contributed by atoms with E-state index >= 15 is 0 Å². The molecule has 1 heterocycles. The average molecular weight is 322 g/mol. The molecule has 0 aliphatic carbocycles. The predicted octanol–water partition coefficient (Wildman–Crippen LogP) is 3.29. The Morgan fingerprint density at radius 3 is 2.84 bits per heavy atom. The number of imidazole rings is 1. The molecule has 0 atom stereocenters. The molecule has 1 amide bonds. The maximum Gasteiger partial charge on any atom is 0.226 e. The van der Waals surface area contributed by atoms with Crippen LogP contribution in [0.25, 0.3) is 0 Å². The number of hydrogen-bond donors (Lipinski definition) is 1. The van der Waals surface area contributed by atoms with Gasteiger partial charge in [-0.3, -0.25) is 4.79 Å². The summed E-state index contributed by atoms with van der Waals surface area (Å²) in [5.41, 5.74) is 1.93. The van der Waals surface area contributed by atoms with Gasteiger partial charge >= 0.3 is 0 Å². The number of anilines is 1. The number of hydrogen-bond acceptors (Lipinski definition) is 2. The second-order valence-corrected chi connectivity index (χ2v) is 5.28. The van der Waals surface area contributed by atoms with Gasteiger partial charge in [0.05, 0.1) is 0 Å². The molecule has 0 radical (unpaired) electrons. The van der Waals surface area contributed by atoms with Crippen molar-refractivity contribution in [3.63, 3.8) is 0 Å². The smallest absolute Gasteiger partial charge is 0.226 e. The van der Waals surface area contributed by atoms with Crippen LogP contribution in [0, 0.1) is 13.8 Å². The van der Waals surface area contributed by atoms with E-state index in [0.29, 0.717) is 13.0 Å². The normalized spacial score (nSPS) is 10.5. The van der Waals surface area contributed by atoms with Gasteiger partial charge < -0.3 is 9.88 Å². The van der Waals surface area contributed by atoms with Crippen molar-refractivity contribution in [2.24, 2.45) is 0 Å². The van der Waals surface area contributed by atoms with Gasteiger partial charge in [-0.2, -0.15) is 0 Å². The molecule has 2 rings (SSSR count). The number of amides is 1. The van der Waals surface area contributed by atoms with Gasteiger partial charge in [0.25, 0.3) is 0 Å². The van der Waals surface area contributed by atoms with Crippen molar-refractivity contribution in [3.05, 3.63) is 46.5 Å². The number of halogens is 1. The fourth-order valence-corrected chi connectivity index (χ4v) is 2.05. The van der Waals surface area contributed by atoms with Gasteiger partial charge in [0, 0.05) is 35.5 Å². The van der Waals surface area contributed by atoms with E-state index in [-0.39, 0.29) is 5.91 Å². The van der Waals surface area contributed by atoms with E-state index in [9.17, 15) is 4.79 Å². The van der Waals surface area contributed by atoms with E-state index in [4.69, 9.17) is 0 Å². The highest BCUT2D eigenvalue weighted by Crippen LogP contribution is 2.20. The third-order valence-corrected chi connectivity index (χ3v) is 3.83. The van der Waals surface area contributed by atoms with Crippen molar-refractivity contribution in [1.82, 2.24) is 9.55 Å². The van der Waals surface area contributed by atoms with Crippen LogP contribution < -0.4 is 5.32 Å². The van der Waals surface area contributed by atoms with Gasteiger partial charge in [0.2, 0.25) is 5.91 Å². The van der Waals surface area contributed by atoms with Crippen molar-refractivity contribution in [1.29, 1.82) is 0 Å². The maximum absolute atomic E-state index is 11.9. The molecule has 0 aliphatic heterocycles. The molecular weight excluding hydrogens is 306 g/mol.